The Balaban J connectivity index is 2.00. The fourth-order valence-electron chi connectivity index (χ4n) is 2.32. The summed E-state index contributed by atoms with van der Waals surface area (Å²) in [7, 11) is 0. The van der Waals surface area contributed by atoms with Crippen LogP contribution in [-0.2, 0) is 4.79 Å². The first kappa shape index (κ1) is 20.5. The molecule has 0 bridgehead atoms. The normalized spacial score (nSPS) is 11.6. The Hall–Kier alpha value is -1.85. The minimum absolute atomic E-state index is 0.113. The maximum atomic E-state index is 12.1. The number of ether oxygens (including phenoxy) is 1. The molecule has 2 aromatic rings. The number of hydrazone groups is 1. The van der Waals surface area contributed by atoms with Crippen LogP contribution in [-0.4, -0.2) is 18.2 Å². The minimum atomic E-state index is -0.316. The quantitative estimate of drug-likeness (QED) is 0.482. The summed E-state index contributed by atoms with van der Waals surface area (Å²) < 4.78 is 6.70. The Morgan fingerprint density at radius 2 is 1.92 bits per heavy atom. The van der Waals surface area contributed by atoms with Gasteiger partial charge in [-0.3, -0.25) is 4.79 Å². The molecule has 0 aromatic heterocycles. The van der Waals surface area contributed by atoms with E-state index in [1.165, 1.54) is 0 Å². The van der Waals surface area contributed by atoms with E-state index in [0.29, 0.717) is 10.8 Å². The molecule has 0 heterocycles. The summed E-state index contributed by atoms with van der Waals surface area (Å²) in [5, 5.41) is 4.82. The Kier molecular flexibility index (Phi) is 7.23. The summed E-state index contributed by atoms with van der Waals surface area (Å²) in [6.45, 7) is 7.74. The van der Waals surface area contributed by atoms with Crippen LogP contribution in [0.15, 0.2) is 46.0 Å². The Bertz CT molecular complexity index is 817. The lowest BCUT2D eigenvalue weighted by Gasteiger charge is -2.15. The molecule has 0 spiro atoms. The average molecular weight is 438 g/mol. The predicted octanol–water partition coefficient (Wildman–Crippen LogP) is 5.45. The molecule has 0 radical (unpaired) electrons. The third-order valence-electron chi connectivity index (χ3n) is 3.88. The van der Waals surface area contributed by atoms with E-state index in [1.807, 2.05) is 50.2 Å². The number of carbonyl (C=O) groups excluding carboxylic acids is 1. The van der Waals surface area contributed by atoms with Gasteiger partial charge in [-0.15, -0.1) is 0 Å². The van der Waals surface area contributed by atoms with Gasteiger partial charge in [-0.2, -0.15) is 5.10 Å². The van der Waals surface area contributed by atoms with Crippen molar-refractivity contribution >= 4 is 39.1 Å². The zero-order chi connectivity index (χ0) is 19.3. The number of hydrogen-bond acceptors (Lipinski definition) is 3. The van der Waals surface area contributed by atoms with Crippen molar-refractivity contribution in [3.8, 4) is 5.75 Å². The third kappa shape index (κ3) is 5.58. The van der Waals surface area contributed by atoms with Gasteiger partial charge in [0, 0.05) is 9.50 Å². The monoisotopic (exact) mass is 436 g/mol. The average Bonchev–Trinajstić information content (AvgIpc) is 2.60. The van der Waals surface area contributed by atoms with Crippen molar-refractivity contribution in [2.24, 2.45) is 5.10 Å². The first-order valence-corrected chi connectivity index (χ1v) is 9.47. The lowest BCUT2D eigenvalue weighted by Crippen LogP contribution is -2.26. The molecule has 0 aliphatic carbocycles. The summed E-state index contributed by atoms with van der Waals surface area (Å²) in [4.78, 5) is 12.1. The molecule has 1 amide bonds. The fraction of sp³-hybridized carbons (Fsp3) is 0.300. The Morgan fingerprint density at radius 1 is 1.27 bits per heavy atom. The van der Waals surface area contributed by atoms with Gasteiger partial charge in [0.1, 0.15) is 5.75 Å². The van der Waals surface area contributed by atoms with Gasteiger partial charge in [-0.25, -0.2) is 5.43 Å². The molecule has 1 N–H and O–H groups in total. The molecule has 6 heteroatoms. The number of aryl methyl sites for hydroxylation is 1. The molecular formula is C20H22BrClN2O2. The van der Waals surface area contributed by atoms with Crippen molar-refractivity contribution in [3.05, 3.63) is 62.6 Å². The third-order valence-corrected chi connectivity index (χ3v) is 4.82. The van der Waals surface area contributed by atoms with E-state index in [4.69, 9.17) is 16.3 Å². The Labute approximate surface area is 167 Å². The summed E-state index contributed by atoms with van der Waals surface area (Å²) in [5.41, 5.74) is 6.07. The van der Waals surface area contributed by atoms with Gasteiger partial charge in [0.25, 0.3) is 5.91 Å². The summed E-state index contributed by atoms with van der Waals surface area (Å²) >= 11 is 9.58. The number of nitrogens with zero attached hydrogens (tertiary/aromatic N) is 1. The van der Waals surface area contributed by atoms with Crippen molar-refractivity contribution < 1.29 is 9.53 Å². The van der Waals surface area contributed by atoms with Crippen LogP contribution in [0.1, 0.15) is 43.4 Å². The number of halogens is 2. The van der Waals surface area contributed by atoms with Gasteiger partial charge in [0.05, 0.1) is 5.71 Å². The van der Waals surface area contributed by atoms with Crippen LogP contribution < -0.4 is 10.2 Å². The molecule has 0 saturated carbocycles. The van der Waals surface area contributed by atoms with E-state index in [2.05, 4.69) is 40.3 Å². The van der Waals surface area contributed by atoms with Gasteiger partial charge < -0.3 is 4.74 Å². The maximum Gasteiger partial charge on any atom is 0.277 e. The minimum Gasteiger partial charge on any atom is -0.483 e. The molecule has 0 saturated heterocycles. The molecule has 138 valence electrons. The first-order chi connectivity index (χ1) is 12.3. The number of amides is 1. The van der Waals surface area contributed by atoms with Gasteiger partial charge in [-0.1, -0.05) is 53.5 Å². The Morgan fingerprint density at radius 3 is 2.54 bits per heavy atom. The van der Waals surface area contributed by atoms with Crippen LogP contribution >= 0.6 is 27.5 Å². The second-order valence-electron chi connectivity index (χ2n) is 6.32. The highest BCUT2D eigenvalue weighted by atomic mass is 79.9. The highest BCUT2D eigenvalue weighted by Gasteiger charge is 2.12. The largest absolute Gasteiger partial charge is 0.483 e. The van der Waals surface area contributed by atoms with Gasteiger partial charge in [0.2, 0.25) is 0 Å². The van der Waals surface area contributed by atoms with Crippen LogP contribution in [0.3, 0.4) is 0 Å². The highest BCUT2D eigenvalue weighted by molar-refractivity contribution is 9.10. The van der Waals surface area contributed by atoms with E-state index in [1.54, 1.807) is 0 Å². The molecule has 2 rings (SSSR count). The molecule has 0 fully saturated rings. The van der Waals surface area contributed by atoms with Crippen molar-refractivity contribution in [2.45, 2.75) is 33.6 Å². The summed E-state index contributed by atoms with van der Waals surface area (Å²) in [5.74, 6) is 0.596. The van der Waals surface area contributed by atoms with E-state index >= 15 is 0 Å². The van der Waals surface area contributed by atoms with E-state index in [-0.39, 0.29) is 18.4 Å². The van der Waals surface area contributed by atoms with Crippen molar-refractivity contribution in [1.29, 1.82) is 0 Å². The molecule has 4 nitrogen and oxygen atoms in total. The van der Waals surface area contributed by atoms with Crippen LogP contribution in [0.4, 0.5) is 0 Å². The number of nitrogens with one attached hydrogen (secondary N) is 1. The van der Waals surface area contributed by atoms with Crippen molar-refractivity contribution in [1.82, 2.24) is 5.43 Å². The lowest BCUT2D eigenvalue weighted by molar-refractivity contribution is -0.123. The van der Waals surface area contributed by atoms with Crippen molar-refractivity contribution in [3.63, 3.8) is 0 Å². The molecule has 0 atom stereocenters. The van der Waals surface area contributed by atoms with Crippen LogP contribution in [0.5, 0.6) is 5.75 Å². The molecular weight excluding hydrogens is 416 g/mol. The van der Waals surface area contributed by atoms with Gasteiger partial charge in [-0.05, 0) is 60.7 Å². The summed E-state index contributed by atoms with van der Waals surface area (Å²) in [6.07, 6.45) is 0. The standard InChI is InChI=1S/C20H22BrClN2O2/c1-12(2)17-10-18(22)13(3)9-19(17)26-11-20(25)24-23-14(4)15-5-7-16(21)8-6-15/h5-10,12H,11H2,1-4H3,(H,24,25). The molecule has 2 aromatic carbocycles. The second kappa shape index (κ2) is 9.19. The molecule has 0 aliphatic rings. The number of carbonyl (C=O) groups is 1. The zero-order valence-electron chi connectivity index (χ0n) is 15.3. The van der Waals surface area contributed by atoms with Gasteiger partial charge >= 0.3 is 0 Å². The number of benzene rings is 2. The van der Waals surface area contributed by atoms with Crippen LogP contribution in [0.2, 0.25) is 5.02 Å². The van der Waals surface area contributed by atoms with Gasteiger partial charge in [0.15, 0.2) is 6.61 Å². The lowest BCUT2D eigenvalue weighted by atomic mass is 10.0. The zero-order valence-corrected chi connectivity index (χ0v) is 17.6. The van der Waals surface area contributed by atoms with E-state index in [9.17, 15) is 4.79 Å². The number of hydrogen-bond donors (Lipinski definition) is 1. The van der Waals surface area contributed by atoms with E-state index < -0.39 is 0 Å². The number of rotatable bonds is 6. The molecule has 0 aliphatic heterocycles. The SMILES string of the molecule is CC(=NNC(=O)COc1cc(C)c(Cl)cc1C(C)C)c1ccc(Br)cc1. The summed E-state index contributed by atoms with van der Waals surface area (Å²) in [6, 6.07) is 11.5. The van der Waals surface area contributed by atoms with E-state index in [0.717, 1.165) is 26.9 Å². The molecule has 0 unspecified atom stereocenters. The molecule has 26 heavy (non-hydrogen) atoms. The van der Waals surface area contributed by atoms with Crippen LogP contribution in [0, 0.1) is 6.92 Å². The second-order valence-corrected chi connectivity index (χ2v) is 7.64. The van der Waals surface area contributed by atoms with Crippen LogP contribution in [0.25, 0.3) is 0 Å². The predicted molar refractivity (Wildman–Crippen MR) is 110 cm³/mol. The first-order valence-electron chi connectivity index (χ1n) is 8.30. The highest BCUT2D eigenvalue weighted by Crippen LogP contribution is 2.31. The topological polar surface area (TPSA) is 50.7 Å². The van der Waals surface area contributed by atoms with Crippen molar-refractivity contribution in [2.75, 3.05) is 6.61 Å². The smallest absolute Gasteiger partial charge is 0.277 e. The maximum absolute atomic E-state index is 12.1. The fourth-order valence-corrected chi connectivity index (χ4v) is 2.76.